The van der Waals surface area contributed by atoms with Gasteiger partial charge in [-0.2, -0.15) is 8.78 Å². The van der Waals surface area contributed by atoms with Crippen molar-refractivity contribution in [3.05, 3.63) is 52.7 Å². The predicted octanol–water partition coefficient (Wildman–Crippen LogP) is 4.63. The van der Waals surface area contributed by atoms with Gasteiger partial charge in [0.05, 0.1) is 34.4 Å². The molecule has 8 nitrogen and oxygen atoms in total. The van der Waals surface area contributed by atoms with Gasteiger partial charge in [0.1, 0.15) is 23.1 Å². The smallest absolute Gasteiger partial charge is 0.303 e. The minimum Gasteiger partial charge on any atom is -0.384 e. The summed E-state index contributed by atoms with van der Waals surface area (Å²) in [5.74, 6) is -3.94. The summed E-state index contributed by atoms with van der Waals surface area (Å²) in [6, 6.07) is 5.34. The van der Waals surface area contributed by atoms with Crippen molar-refractivity contribution in [2.75, 3.05) is 23.3 Å². The number of carbonyl (C=O) groups excluding carboxylic acids is 1. The zero-order valence-electron chi connectivity index (χ0n) is 22.9. The van der Waals surface area contributed by atoms with E-state index in [2.05, 4.69) is 20.2 Å². The van der Waals surface area contributed by atoms with Crippen LogP contribution in [-0.2, 0) is 10.7 Å². The summed E-state index contributed by atoms with van der Waals surface area (Å²) in [7, 11) is 0. The number of carbonyl (C=O) groups is 1. The maximum absolute atomic E-state index is 15.4. The first-order valence-electron chi connectivity index (χ1n) is 13.0. The van der Waals surface area contributed by atoms with Gasteiger partial charge in [0.2, 0.25) is 5.91 Å². The summed E-state index contributed by atoms with van der Waals surface area (Å²) < 4.78 is 45.1. The molecule has 1 amide bonds. The number of aliphatic hydroxyl groups is 1. The first kappa shape index (κ1) is 27.1. The van der Waals surface area contributed by atoms with E-state index in [1.165, 1.54) is 12.1 Å². The number of rotatable bonds is 6. The minimum absolute atomic E-state index is 0.0160. The van der Waals surface area contributed by atoms with Gasteiger partial charge >= 0.3 is 5.92 Å². The minimum atomic E-state index is -3.80. The molecule has 39 heavy (non-hydrogen) atoms. The van der Waals surface area contributed by atoms with Gasteiger partial charge in [0.15, 0.2) is 5.65 Å². The Morgan fingerprint density at radius 1 is 1.15 bits per heavy atom. The van der Waals surface area contributed by atoms with Crippen LogP contribution in [0.4, 0.5) is 24.7 Å². The lowest BCUT2D eigenvalue weighted by atomic mass is 9.91. The maximum Gasteiger partial charge on any atom is 0.303 e. The Morgan fingerprint density at radius 3 is 2.49 bits per heavy atom. The van der Waals surface area contributed by atoms with Gasteiger partial charge in [-0.05, 0) is 53.2 Å². The molecule has 0 saturated carbocycles. The fourth-order valence-electron chi connectivity index (χ4n) is 5.73. The highest BCUT2D eigenvalue weighted by molar-refractivity contribution is 5.90. The van der Waals surface area contributed by atoms with Crippen LogP contribution in [0.3, 0.4) is 0 Å². The van der Waals surface area contributed by atoms with Gasteiger partial charge in [-0.1, -0.05) is 12.1 Å². The van der Waals surface area contributed by atoms with Crippen LogP contribution in [0.1, 0.15) is 62.8 Å². The molecule has 0 spiro atoms. The molecule has 1 unspecified atom stereocenters. The second-order valence-electron chi connectivity index (χ2n) is 11.2. The van der Waals surface area contributed by atoms with Crippen LogP contribution in [0.2, 0.25) is 0 Å². The van der Waals surface area contributed by atoms with Crippen molar-refractivity contribution in [3.63, 3.8) is 0 Å². The Morgan fingerprint density at radius 2 is 1.87 bits per heavy atom. The number of fused-ring (bicyclic) bond motifs is 3. The van der Waals surface area contributed by atoms with E-state index in [9.17, 15) is 18.7 Å². The molecular weight excluding hydrogens is 509 g/mol. The molecule has 1 aromatic carbocycles. The van der Waals surface area contributed by atoms with E-state index in [1.54, 1.807) is 20.8 Å². The van der Waals surface area contributed by atoms with Crippen molar-refractivity contribution < 1.29 is 23.1 Å². The lowest BCUT2D eigenvalue weighted by Crippen LogP contribution is -2.48. The third-order valence-corrected chi connectivity index (χ3v) is 7.87. The number of hydrogen-bond donors (Lipinski definition) is 2. The van der Waals surface area contributed by atoms with E-state index < -0.39 is 28.9 Å². The lowest BCUT2D eigenvalue weighted by Gasteiger charge is -2.35. The highest BCUT2D eigenvalue weighted by atomic mass is 19.3. The zero-order chi connectivity index (χ0) is 28.4. The summed E-state index contributed by atoms with van der Waals surface area (Å²) in [6.45, 7) is 10.2. The molecule has 2 saturated heterocycles. The van der Waals surface area contributed by atoms with Gasteiger partial charge in [0.25, 0.3) is 0 Å². The average Bonchev–Trinajstić information content (AvgIpc) is 3.44. The summed E-state index contributed by atoms with van der Waals surface area (Å²) in [6.07, 6.45) is 0.897. The standard InChI is InChI=1S/C28H33F3N6O2/c1-14(20-8-7-9-22(24(20)29)28(30,31)27(5,6)39)32-25-21-11-23(15(2)33-26(21)35-16(3)34-25)37-13-18-10-19(37)12-36(18)17(4)38/h7-9,11,14,18-19,39H,10,12-13H2,1-6H3,(H,32,33,34,35)/t14?,18-,19-/m0/s1. The van der Waals surface area contributed by atoms with Crippen molar-refractivity contribution in [2.24, 2.45) is 0 Å². The third kappa shape index (κ3) is 4.56. The van der Waals surface area contributed by atoms with Crippen molar-refractivity contribution in [1.82, 2.24) is 19.9 Å². The van der Waals surface area contributed by atoms with Crippen molar-refractivity contribution in [1.29, 1.82) is 0 Å². The van der Waals surface area contributed by atoms with Crippen LogP contribution >= 0.6 is 0 Å². The first-order chi connectivity index (χ1) is 18.2. The number of likely N-dealkylation sites (tertiary alicyclic amines) is 1. The van der Waals surface area contributed by atoms with Gasteiger partial charge in [-0.25, -0.2) is 19.3 Å². The van der Waals surface area contributed by atoms with Gasteiger partial charge in [-0.3, -0.25) is 4.79 Å². The van der Waals surface area contributed by atoms with Crippen LogP contribution in [0.15, 0.2) is 24.3 Å². The second-order valence-corrected chi connectivity index (χ2v) is 11.2. The highest BCUT2D eigenvalue weighted by Crippen LogP contribution is 2.42. The number of alkyl halides is 2. The number of piperazine rings is 1. The molecule has 208 valence electrons. The Hall–Kier alpha value is -3.47. The number of benzene rings is 1. The van der Waals surface area contributed by atoms with Crippen LogP contribution in [-0.4, -0.2) is 61.6 Å². The number of amides is 1. The van der Waals surface area contributed by atoms with Gasteiger partial charge in [-0.15, -0.1) is 0 Å². The SMILES string of the molecule is CC(=O)N1C[C@@H]2C[C@H]1CN2c1cc2c(NC(C)c3cccc(C(F)(F)C(C)(C)O)c3F)nc(C)nc2nc1C. The lowest BCUT2D eigenvalue weighted by molar-refractivity contribution is -0.170. The highest BCUT2D eigenvalue weighted by Gasteiger charge is 2.49. The Kier molecular flexibility index (Phi) is 6.48. The second kappa shape index (κ2) is 9.32. The number of nitrogens with one attached hydrogen (secondary N) is 1. The van der Waals surface area contributed by atoms with Crippen LogP contribution < -0.4 is 10.2 Å². The summed E-state index contributed by atoms with van der Waals surface area (Å²) in [4.78, 5) is 29.9. The van der Waals surface area contributed by atoms with Crippen LogP contribution in [0, 0.1) is 19.7 Å². The largest absolute Gasteiger partial charge is 0.384 e. The molecule has 4 heterocycles. The number of aryl methyl sites for hydroxylation is 2. The van der Waals surface area contributed by atoms with Crippen LogP contribution in [0.5, 0.6) is 0 Å². The molecule has 2 N–H and O–H groups in total. The van der Waals surface area contributed by atoms with Gasteiger partial charge < -0.3 is 20.2 Å². The quantitative estimate of drug-likeness (QED) is 0.469. The van der Waals surface area contributed by atoms with E-state index in [4.69, 9.17) is 4.98 Å². The molecule has 3 aromatic rings. The topological polar surface area (TPSA) is 94.5 Å². The molecular formula is C28H33F3N6O2. The monoisotopic (exact) mass is 542 g/mol. The fraction of sp³-hybridized carbons (Fsp3) is 0.500. The molecule has 0 radical (unpaired) electrons. The zero-order valence-corrected chi connectivity index (χ0v) is 22.9. The molecule has 5 rings (SSSR count). The van der Waals surface area contributed by atoms with E-state index in [0.29, 0.717) is 35.8 Å². The molecule has 2 aromatic heterocycles. The maximum atomic E-state index is 15.4. The Labute approximate surface area is 225 Å². The average molecular weight is 543 g/mol. The Bertz CT molecular complexity index is 1460. The first-order valence-corrected chi connectivity index (χ1v) is 13.0. The van der Waals surface area contributed by atoms with E-state index in [-0.39, 0.29) is 23.6 Å². The summed E-state index contributed by atoms with van der Waals surface area (Å²) >= 11 is 0. The molecule has 3 atom stereocenters. The van der Waals surface area contributed by atoms with E-state index >= 15 is 4.39 Å². The van der Waals surface area contributed by atoms with Crippen LogP contribution in [0.25, 0.3) is 11.0 Å². The fourth-order valence-corrected chi connectivity index (χ4v) is 5.73. The molecule has 0 aliphatic carbocycles. The number of anilines is 2. The van der Waals surface area contributed by atoms with Crippen molar-refractivity contribution in [3.8, 4) is 0 Å². The molecule has 2 fully saturated rings. The third-order valence-electron chi connectivity index (χ3n) is 7.87. The number of nitrogens with zero attached hydrogens (tertiary/aromatic N) is 5. The summed E-state index contributed by atoms with van der Waals surface area (Å²) in [5, 5.41) is 13.8. The predicted molar refractivity (Wildman–Crippen MR) is 142 cm³/mol. The normalized spacial score (nSPS) is 20.2. The summed E-state index contributed by atoms with van der Waals surface area (Å²) in [5.41, 5.74) is -1.11. The number of pyridine rings is 1. The molecule has 2 aliphatic heterocycles. The van der Waals surface area contributed by atoms with Crippen molar-refractivity contribution in [2.45, 2.75) is 77.6 Å². The number of aromatic nitrogens is 3. The van der Waals surface area contributed by atoms with E-state index in [0.717, 1.165) is 37.7 Å². The molecule has 2 bridgehead atoms. The number of halogens is 3. The van der Waals surface area contributed by atoms with E-state index in [1.807, 2.05) is 17.9 Å². The van der Waals surface area contributed by atoms with Crippen molar-refractivity contribution >= 4 is 28.4 Å². The molecule has 2 aliphatic rings. The Balaban J connectivity index is 1.50. The molecule has 11 heteroatoms. The van der Waals surface area contributed by atoms with Gasteiger partial charge in [0, 0.05) is 31.6 Å². The number of hydrogen-bond acceptors (Lipinski definition) is 7.